The van der Waals surface area contributed by atoms with Crippen LogP contribution in [0.25, 0.3) is 11.1 Å². The van der Waals surface area contributed by atoms with Gasteiger partial charge in [0.15, 0.2) is 23.0 Å². The molecule has 46 heavy (non-hydrogen) atoms. The maximum absolute atomic E-state index is 6.46. The topological polar surface area (TPSA) is 21.7 Å². The Kier molecular flexibility index (Phi) is 6.02. The molecule has 3 aliphatic heterocycles. The van der Waals surface area contributed by atoms with Crippen molar-refractivity contribution < 1.29 is 9.47 Å². The second-order valence-corrected chi connectivity index (χ2v) is 16.0. The van der Waals surface area contributed by atoms with Crippen LogP contribution in [0, 0.1) is 6.92 Å². The van der Waals surface area contributed by atoms with Gasteiger partial charge in [-0.2, -0.15) is 0 Å². The molecule has 4 heteroatoms. The second kappa shape index (κ2) is 9.54. The number of aryl methyl sites for hydroxylation is 1. The molecule has 0 atom stereocenters. The summed E-state index contributed by atoms with van der Waals surface area (Å²) in [4.78, 5) is 2.63. The lowest BCUT2D eigenvalue weighted by Crippen LogP contribution is -2.59. The average molecular weight is 604 g/mol. The number of hydrogen-bond donors (Lipinski definition) is 0. The van der Waals surface area contributed by atoms with Crippen LogP contribution in [0.1, 0.15) is 83.2 Å². The van der Waals surface area contributed by atoms with Gasteiger partial charge in [0.2, 0.25) is 0 Å². The fraction of sp³-hybridized carbons (Fsp3) is 0.286. The number of nitrogens with zero attached hydrogens (tertiary/aromatic N) is 1. The summed E-state index contributed by atoms with van der Waals surface area (Å²) in [5, 5.41) is 0. The molecule has 3 nitrogen and oxygen atoms in total. The molecule has 0 spiro atoms. The summed E-state index contributed by atoms with van der Waals surface area (Å²) < 4.78 is 12.7. The van der Waals surface area contributed by atoms with Crippen molar-refractivity contribution in [2.24, 2.45) is 0 Å². The minimum absolute atomic E-state index is 0.00688. The van der Waals surface area contributed by atoms with Gasteiger partial charge >= 0.3 is 6.85 Å². The van der Waals surface area contributed by atoms with Crippen LogP contribution in [-0.2, 0) is 16.2 Å². The van der Waals surface area contributed by atoms with Gasteiger partial charge in [0.05, 0.1) is 0 Å². The Labute approximate surface area is 274 Å². The predicted molar refractivity (Wildman–Crippen MR) is 193 cm³/mol. The molecule has 5 aromatic rings. The van der Waals surface area contributed by atoms with Crippen molar-refractivity contribution in [3.8, 4) is 34.1 Å². The maximum atomic E-state index is 6.46. The van der Waals surface area contributed by atoms with E-state index in [4.69, 9.17) is 9.47 Å². The van der Waals surface area contributed by atoms with Gasteiger partial charge in [0.25, 0.3) is 0 Å². The molecule has 0 radical (unpaired) electrons. The van der Waals surface area contributed by atoms with Crippen molar-refractivity contribution >= 4 is 29.1 Å². The third-order valence-corrected chi connectivity index (χ3v) is 10.3. The lowest BCUT2D eigenvalue weighted by molar-refractivity contribution is 0.360. The van der Waals surface area contributed by atoms with Gasteiger partial charge in [-0.25, -0.2) is 0 Å². The first kappa shape index (κ1) is 29.0. The van der Waals surface area contributed by atoms with Crippen LogP contribution in [0.15, 0.2) is 91.0 Å². The fourth-order valence-electron chi connectivity index (χ4n) is 7.58. The first-order valence-electron chi connectivity index (χ1n) is 16.5. The van der Waals surface area contributed by atoms with Gasteiger partial charge in [0, 0.05) is 22.4 Å². The Morgan fingerprint density at radius 3 is 1.96 bits per heavy atom. The highest BCUT2D eigenvalue weighted by Gasteiger charge is 2.47. The van der Waals surface area contributed by atoms with E-state index in [0.717, 1.165) is 23.0 Å². The summed E-state index contributed by atoms with van der Waals surface area (Å²) in [7, 11) is 0. The number of para-hydroxylation sites is 2. The fourth-order valence-corrected chi connectivity index (χ4v) is 7.58. The zero-order valence-corrected chi connectivity index (χ0v) is 28.5. The number of hydrogen-bond acceptors (Lipinski definition) is 3. The zero-order valence-electron chi connectivity index (χ0n) is 28.5. The molecule has 8 rings (SSSR count). The summed E-state index contributed by atoms with van der Waals surface area (Å²) in [6.45, 7) is 20.9. The molecule has 0 bridgehead atoms. The minimum Gasteiger partial charge on any atom is -0.450 e. The van der Waals surface area contributed by atoms with Crippen LogP contribution in [0.2, 0.25) is 0 Å². The third-order valence-electron chi connectivity index (χ3n) is 10.3. The Morgan fingerprint density at radius 2 is 1.26 bits per heavy atom. The minimum atomic E-state index is -0.194. The molecule has 5 aromatic carbocycles. The molecule has 230 valence electrons. The highest BCUT2D eigenvalue weighted by atomic mass is 16.6. The highest BCUT2D eigenvalue weighted by molar-refractivity contribution is 6.91. The third kappa shape index (κ3) is 4.26. The Hall–Kier alpha value is -4.44. The summed E-state index contributed by atoms with van der Waals surface area (Å²) in [6.07, 6.45) is 0. The van der Waals surface area contributed by atoms with Crippen LogP contribution >= 0.6 is 0 Å². The van der Waals surface area contributed by atoms with Crippen molar-refractivity contribution in [2.45, 2.75) is 78.6 Å². The van der Waals surface area contributed by atoms with E-state index in [1.165, 1.54) is 61.2 Å². The molecular formula is C42H42BNO2. The molecule has 0 fully saturated rings. The number of anilines is 2. The lowest BCUT2D eigenvalue weighted by atomic mass is 9.44. The summed E-state index contributed by atoms with van der Waals surface area (Å²) in [5.74, 6) is 2.98. The molecule has 0 amide bonds. The van der Waals surface area contributed by atoms with Gasteiger partial charge in [-0.05, 0) is 92.9 Å². The van der Waals surface area contributed by atoms with Gasteiger partial charge < -0.3 is 14.3 Å². The quantitative estimate of drug-likeness (QED) is 0.175. The summed E-state index contributed by atoms with van der Waals surface area (Å²) >= 11 is 0. The molecule has 0 N–H and O–H groups in total. The van der Waals surface area contributed by atoms with Crippen molar-refractivity contribution in [1.82, 2.24) is 0 Å². The molecule has 3 heterocycles. The summed E-state index contributed by atoms with van der Waals surface area (Å²) in [6, 6.07) is 33.5. The van der Waals surface area contributed by atoms with Crippen LogP contribution in [0.4, 0.5) is 11.4 Å². The first-order chi connectivity index (χ1) is 21.7. The van der Waals surface area contributed by atoms with Crippen molar-refractivity contribution in [1.29, 1.82) is 0 Å². The largest absolute Gasteiger partial charge is 0.450 e. The van der Waals surface area contributed by atoms with Crippen LogP contribution in [0.3, 0.4) is 0 Å². The van der Waals surface area contributed by atoms with Gasteiger partial charge in [0.1, 0.15) is 0 Å². The van der Waals surface area contributed by atoms with E-state index in [1.807, 2.05) is 24.3 Å². The van der Waals surface area contributed by atoms with Gasteiger partial charge in [-0.15, -0.1) is 0 Å². The normalized spacial score (nSPS) is 15.5. The number of fused-ring (bicyclic) bond motifs is 6. The second-order valence-electron chi connectivity index (χ2n) is 16.0. The van der Waals surface area contributed by atoms with Gasteiger partial charge in [-0.1, -0.05) is 116 Å². The Bertz CT molecular complexity index is 2080. The van der Waals surface area contributed by atoms with Gasteiger partial charge in [-0.3, -0.25) is 0 Å². The standard InChI is InChI=1S/C42H42BNO2/c1-25-14-17-33-29(20-25)30-21-27(41(5,6)7)23-32-39(30)44(34-18-15-26(40(2,3)4)22-31(34)42(32,8)9)43(33)28-16-19-37-38(24-28)46-36-13-11-10-12-35(36)45-37/h10-24H,1-9H3. The molecule has 3 aliphatic rings. The monoisotopic (exact) mass is 603 g/mol. The van der Waals surface area contributed by atoms with E-state index < -0.39 is 0 Å². The molecule has 0 aliphatic carbocycles. The molecule has 0 aromatic heterocycles. The van der Waals surface area contributed by atoms with E-state index in [2.05, 4.69) is 134 Å². The van der Waals surface area contributed by atoms with Crippen LogP contribution < -0.4 is 25.2 Å². The predicted octanol–water partition coefficient (Wildman–Crippen LogP) is 10.1. The zero-order chi connectivity index (χ0) is 32.3. The van der Waals surface area contributed by atoms with E-state index >= 15 is 0 Å². The van der Waals surface area contributed by atoms with Crippen LogP contribution in [-0.4, -0.2) is 6.85 Å². The van der Waals surface area contributed by atoms with Crippen LogP contribution in [0.5, 0.6) is 23.0 Å². The van der Waals surface area contributed by atoms with E-state index in [1.54, 1.807) is 0 Å². The smallest absolute Gasteiger partial charge is 0.328 e. The summed E-state index contributed by atoms with van der Waals surface area (Å²) in [5.41, 5.74) is 14.3. The molecule has 0 unspecified atom stereocenters. The lowest BCUT2D eigenvalue weighted by Gasteiger charge is -2.49. The Balaban J connectivity index is 1.43. The van der Waals surface area contributed by atoms with E-state index in [0.29, 0.717) is 0 Å². The number of benzene rings is 5. The van der Waals surface area contributed by atoms with Crippen molar-refractivity contribution in [2.75, 3.05) is 4.81 Å². The molecule has 0 saturated carbocycles. The highest BCUT2D eigenvalue weighted by Crippen LogP contribution is 2.56. The first-order valence-corrected chi connectivity index (χ1v) is 16.5. The van der Waals surface area contributed by atoms with Crippen molar-refractivity contribution in [3.05, 3.63) is 119 Å². The number of rotatable bonds is 1. The molecule has 0 saturated heterocycles. The average Bonchev–Trinajstić information content (AvgIpc) is 3.00. The molecular weight excluding hydrogens is 561 g/mol. The van der Waals surface area contributed by atoms with Crippen molar-refractivity contribution in [3.63, 3.8) is 0 Å². The SMILES string of the molecule is Cc1ccc2c(c1)-c1cc(C(C)(C)C)cc3c1N(B2c1ccc2c(c1)Oc1ccccc1O2)c1ccc(C(C)(C)C)cc1C3(C)C. The van der Waals surface area contributed by atoms with E-state index in [-0.39, 0.29) is 23.1 Å². The maximum Gasteiger partial charge on any atom is 0.328 e. The Morgan fingerprint density at radius 1 is 0.609 bits per heavy atom. The van der Waals surface area contributed by atoms with E-state index in [9.17, 15) is 0 Å². The number of ether oxygens (including phenoxy) is 2.